The van der Waals surface area contributed by atoms with Crippen LogP contribution >= 0.6 is 11.3 Å². The molecule has 0 unspecified atom stereocenters. The summed E-state index contributed by atoms with van der Waals surface area (Å²) in [6, 6.07) is 5.53. The van der Waals surface area contributed by atoms with Gasteiger partial charge >= 0.3 is 6.18 Å². The SMILES string of the molecule is FC(F)(F)c1cccc2s[c]cc12. The molecule has 0 spiro atoms. The van der Waals surface area contributed by atoms with Crippen LogP contribution in [0.3, 0.4) is 0 Å². The molecule has 2 aromatic rings. The van der Waals surface area contributed by atoms with Crippen molar-refractivity contribution in [2.24, 2.45) is 0 Å². The summed E-state index contributed by atoms with van der Waals surface area (Å²) in [6.07, 6.45) is -4.27. The van der Waals surface area contributed by atoms with Crippen LogP contribution in [-0.2, 0) is 6.18 Å². The molecule has 0 atom stereocenters. The average Bonchev–Trinajstić information content (AvgIpc) is 2.48. The summed E-state index contributed by atoms with van der Waals surface area (Å²) in [7, 11) is 0. The molecule has 0 nitrogen and oxygen atoms in total. The number of halogens is 3. The van der Waals surface area contributed by atoms with E-state index in [0.717, 1.165) is 6.07 Å². The molecule has 0 fully saturated rings. The minimum atomic E-state index is -4.27. The second-order valence-electron chi connectivity index (χ2n) is 2.58. The van der Waals surface area contributed by atoms with Crippen molar-refractivity contribution < 1.29 is 13.2 Å². The quantitative estimate of drug-likeness (QED) is 0.609. The maximum Gasteiger partial charge on any atom is 0.417 e. The molecule has 0 bridgehead atoms. The summed E-state index contributed by atoms with van der Waals surface area (Å²) in [5, 5.41) is 2.93. The van der Waals surface area contributed by atoms with Crippen molar-refractivity contribution in [3.05, 3.63) is 35.2 Å². The largest absolute Gasteiger partial charge is 0.417 e. The lowest BCUT2D eigenvalue weighted by atomic mass is 10.1. The maximum atomic E-state index is 12.4. The normalized spacial score (nSPS) is 12.2. The predicted octanol–water partition coefficient (Wildman–Crippen LogP) is 3.72. The topological polar surface area (TPSA) is 0 Å². The number of fused-ring (bicyclic) bond motifs is 1. The minimum Gasteiger partial charge on any atom is -0.166 e. The Balaban J connectivity index is 2.75. The highest BCUT2D eigenvalue weighted by Gasteiger charge is 2.32. The van der Waals surface area contributed by atoms with Crippen LogP contribution in [0.25, 0.3) is 10.1 Å². The number of alkyl halides is 3. The number of hydrogen-bond donors (Lipinski definition) is 0. The summed E-state index contributed by atoms with van der Waals surface area (Å²) < 4.78 is 37.8. The Morgan fingerprint density at radius 1 is 1.23 bits per heavy atom. The van der Waals surface area contributed by atoms with E-state index in [9.17, 15) is 13.2 Å². The first kappa shape index (κ1) is 8.56. The van der Waals surface area contributed by atoms with E-state index in [1.165, 1.54) is 23.5 Å². The summed E-state index contributed by atoms with van der Waals surface area (Å²) in [5.41, 5.74) is -0.581. The molecule has 1 aromatic heterocycles. The summed E-state index contributed by atoms with van der Waals surface area (Å²) in [6.45, 7) is 0. The van der Waals surface area contributed by atoms with Crippen LogP contribution in [0.2, 0.25) is 0 Å². The zero-order valence-corrected chi connectivity index (χ0v) is 7.17. The first-order valence-electron chi connectivity index (χ1n) is 3.55. The number of hydrogen-bond acceptors (Lipinski definition) is 1. The Morgan fingerprint density at radius 2 is 2.00 bits per heavy atom. The third-order valence-corrected chi connectivity index (χ3v) is 2.56. The number of thiophene rings is 1. The van der Waals surface area contributed by atoms with Crippen LogP contribution in [-0.4, -0.2) is 0 Å². The van der Waals surface area contributed by atoms with Crippen molar-refractivity contribution in [2.45, 2.75) is 6.18 Å². The van der Waals surface area contributed by atoms with E-state index >= 15 is 0 Å². The Bertz CT molecular complexity index is 428. The van der Waals surface area contributed by atoms with Gasteiger partial charge in [0.25, 0.3) is 0 Å². The van der Waals surface area contributed by atoms with Gasteiger partial charge in [-0.25, -0.2) is 0 Å². The van der Waals surface area contributed by atoms with Gasteiger partial charge in [-0.1, -0.05) is 6.07 Å². The van der Waals surface area contributed by atoms with Crippen LogP contribution in [0.1, 0.15) is 5.56 Å². The first-order chi connectivity index (χ1) is 6.09. The van der Waals surface area contributed by atoms with Gasteiger partial charge in [0.05, 0.1) is 5.56 Å². The van der Waals surface area contributed by atoms with Gasteiger partial charge in [-0.05, 0) is 18.2 Å². The number of benzene rings is 1. The molecule has 0 aliphatic rings. The lowest BCUT2D eigenvalue weighted by Gasteiger charge is -2.06. The molecule has 1 radical (unpaired) electrons. The smallest absolute Gasteiger partial charge is 0.166 e. The Morgan fingerprint density at radius 3 is 2.69 bits per heavy atom. The molecule has 0 aliphatic heterocycles. The molecule has 0 amide bonds. The maximum absolute atomic E-state index is 12.4. The molecule has 1 heterocycles. The Hall–Kier alpha value is -1.03. The molecule has 4 heteroatoms. The molecular weight excluding hydrogens is 197 g/mol. The highest BCUT2D eigenvalue weighted by Crippen LogP contribution is 2.36. The van der Waals surface area contributed by atoms with Gasteiger partial charge in [0.15, 0.2) is 0 Å². The van der Waals surface area contributed by atoms with Crippen molar-refractivity contribution in [3.8, 4) is 0 Å². The van der Waals surface area contributed by atoms with E-state index in [2.05, 4.69) is 5.38 Å². The molecule has 0 N–H and O–H groups in total. The second-order valence-corrected chi connectivity index (χ2v) is 3.46. The lowest BCUT2D eigenvalue weighted by Crippen LogP contribution is -2.04. The van der Waals surface area contributed by atoms with Crippen molar-refractivity contribution in [1.29, 1.82) is 0 Å². The van der Waals surface area contributed by atoms with Crippen molar-refractivity contribution in [3.63, 3.8) is 0 Å². The van der Waals surface area contributed by atoms with Crippen molar-refractivity contribution in [1.82, 2.24) is 0 Å². The van der Waals surface area contributed by atoms with Gasteiger partial charge in [0, 0.05) is 15.5 Å². The van der Waals surface area contributed by atoms with E-state index in [1.807, 2.05) is 0 Å². The highest BCUT2D eigenvalue weighted by atomic mass is 32.1. The predicted molar refractivity (Wildman–Crippen MR) is 45.7 cm³/mol. The van der Waals surface area contributed by atoms with Gasteiger partial charge in [0.2, 0.25) is 0 Å². The molecule has 2 rings (SSSR count). The van der Waals surface area contributed by atoms with Gasteiger partial charge in [0.1, 0.15) is 0 Å². The lowest BCUT2D eigenvalue weighted by molar-refractivity contribution is -0.136. The molecule has 67 valence electrons. The van der Waals surface area contributed by atoms with Crippen molar-refractivity contribution >= 4 is 21.4 Å². The van der Waals surface area contributed by atoms with Gasteiger partial charge in [-0.15, -0.1) is 11.3 Å². The molecular formula is C9H4F3S. The fourth-order valence-corrected chi connectivity index (χ4v) is 1.91. The van der Waals surface area contributed by atoms with Crippen molar-refractivity contribution in [2.75, 3.05) is 0 Å². The van der Waals surface area contributed by atoms with Crippen LogP contribution in [0.4, 0.5) is 13.2 Å². The van der Waals surface area contributed by atoms with Crippen LogP contribution in [0, 0.1) is 5.38 Å². The third-order valence-electron chi connectivity index (χ3n) is 1.74. The van der Waals surface area contributed by atoms with E-state index in [0.29, 0.717) is 4.70 Å². The number of rotatable bonds is 0. The zero-order chi connectivity index (χ0) is 9.47. The third kappa shape index (κ3) is 1.42. The van der Waals surface area contributed by atoms with Gasteiger partial charge < -0.3 is 0 Å². The molecule has 0 saturated carbocycles. The van der Waals surface area contributed by atoms with Crippen LogP contribution in [0.5, 0.6) is 0 Å². The summed E-state index contributed by atoms with van der Waals surface area (Å²) in [4.78, 5) is 0. The van der Waals surface area contributed by atoms with E-state index in [1.54, 1.807) is 6.07 Å². The fraction of sp³-hybridized carbons (Fsp3) is 0.111. The second kappa shape index (κ2) is 2.73. The Labute approximate surface area is 76.6 Å². The van der Waals surface area contributed by atoms with Crippen LogP contribution in [0.15, 0.2) is 24.3 Å². The first-order valence-corrected chi connectivity index (χ1v) is 4.36. The van der Waals surface area contributed by atoms with E-state index in [4.69, 9.17) is 0 Å². The van der Waals surface area contributed by atoms with E-state index in [-0.39, 0.29) is 5.39 Å². The average molecular weight is 201 g/mol. The molecule has 0 aliphatic carbocycles. The molecule has 1 aromatic carbocycles. The minimum absolute atomic E-state index is 0.236. The van der Waals surface area contributed by atoms with Gasteiger partial charge in [-0.2, -0.15) is 13.2 Å². The Kier molecular flexibility index (Phi) is 1.80. The van der Waals surface area contributed by atoms with E-state index < -0.39 is 11.7 Å². The monoisotopic (exact) mass is 201 g/mol. The standard InChI is InChI=1S/C9H4F3S/c10-9(11,12)7-2-1-3-8-6(7)4-5-13-8/h1-4H. The molecule has 13 heavy (non-hydrogen) atoms. The zero-order valence-electron chi connectivity index (χ0n) is 6.35. The molecule has 0 saturated heterocycles. The summed E-state index contributed by atoms with van der Waals surface area (Å²) in [5.74, 6) is 0. The fourth-order valence-electron chi connectivity index (χ4n) is 1.18. The highest BCUT2D eigenvalue weighted by molar-refractivity contribution is 7.16. The van der Waals surface area contributed by atoms with Crippen LogP contribution < -0.4 is 0 Å². The van der Waals surface area contributed by atoms with Gasteiger partial charge in [-0.3, -0.25) is 0 Å². The summed E-state index contributed by atoms with van der Waals surface area (Å²) >= 11 is 1.19.